The van der Waals surface area contributed by atoms with Crippen LogP contribution in [0.2, 0.25) is 10.0 Å². The van der Waals surface area contributed by atoms with Crippen LogP contribution in [0.15, 0.2) is 23.6 Å². The molecule has 25 heavy (non-hydrogen) atoms. The van der Waals surface area contributed by atoms with Gasteiger partial charge in [-0.25, -0.2) is 15.0 Å². The van der Waals surface area contributed by atoms with Crippen molar-refractivity contribution >= 4 is 59.0 Å². The third kappa shape index (κ3) is 7.20. The van der Waals surface area contributed by atoms with E-state index in [2.05, 4.69) is 36.0 Å². The highest BCUT2D eigenvalue weighted by atomic mass is 127. The lowest BCUT2D eigenvalue weighted by Gasteiger charge is -2.12. The normalized spacial score (nSPS) is 11.0. The summed E-state index contributed by atoms with van der Waals surface area (Å²) in [5, 5.41) is 14.6. The molecule has 0 aliphatic carbocycles. The van der Waals surface area contributed by atoms with Crippen molar-refractivity contribution in [3.05, 3.63) is 34.5 Å². The number of pyridine rings is 1. The number of aryl methyl sites for hydroxylation is 1. The van der Waals surface area contributed by atoms with Gasteiger partial charge in [-0.15, -0.1) is 24.0 Å². The first-order valence-electron chi connectivity index (χ1n) is 7.50. The molecule has 0 aromatic carbocycles. The fraction of sp³-hybridized carbons (Fsp3) is 0.429. The molecule has 2 aromatic rings. The Morgan fingerprint density at radius 2 is 2.04 bits per heavy atom. The molecule has 0 aliphatic rings. The third-order valence-electron chi connectivity index (χ3n) is 3.05. The van der Waals surface area contributed by atoms with Crippen LogP contribution in [0.1, 0.15) is 12.7 Å². The fourth-order valence-electron chi connectivity index (χ4n) is 1.86. The first-order chi connectivity index (χ1) is 11.6. The van der Waals surface area contributed by atoms with Crippen molar-refractivity contribution in [2.75, 3.05) is 25.0 Å². The number of aliphatic imine (C=N–C) groups is 1. The highest BCUT2D eigenvalue weighted by molar-refractivity contribution is 14.0. The molecule has 0 saturated carbocycles. The lowest BCUT2D eigenvalue weighted by molar-refractivity contribution is 0.698. The average molecular weight is 499 g/mol. The van der Waals surface area contributed by atoms with Crippen molar-refractivity contribution in [1.82, 2.24) is 30.4 Å². The van der Waals surface area contributed by atoms with E-state index in [0.717, 1.165) is 12.4 Å². The van der Waals surface area contributed by atoms with E-state index >= 15 is 0 Å². The number of nitrogens with one attached hydrogen (secondary N) is 3. The van der Waals surface area contributed by atoms with E-state index in [1.54, 1.807) is 16.9 Å². The van der Waals surface area contributed by atoms with Crippen LogP contribution in [-0.2, 0) is 13.6 Å². The number of hydrogen-bond acceptors (Lipinski definition) is 5. The monoisotopic (exact) mass is 498 g/mol. The summed E-state index contributed by atoms with van der Waals surface area (Å²) in [7, 11) is 1.84. The number of hydrogen-bond donors (Lipinski definition) is 3. The van der Waals surface area contributed by atoms with Gasteiger partial charge >= 0.3 is 0 Å². The lowest BCUT2D eigenvalue weighted by atomic mass is 10.4. The summed E-state index contributed by atoms with van der Waals surface area (Å²) in [5.74, 6) is 2.10. The summed E-state index contributed by atoms with van der Waals surface area (Å²) in [6.07, 6.45) is 3.06. The third-order valence-corrected chi connectivity index (χ3v) is 3.54. The van der Waals surface area contributed by atoms with E-state index in [0.29, 0.717) is 41.5 Å². The molecule has 3 N–H and O–H groups in total. The zero-order chi connectivity index (χ0) is 17.4. The predicted molar refractivity (Wildman–Crippen MR) is 112 cm³/mol. The predicted octanol–water partition coefficient (Wildman–Crippen LogP) is 2.30. The van der Waals surface area contributed by atoms with Gasteiger partial charge in [0, 0.05) is 32.9 Å². The van der Waals surface area contributed by atoms with Gasteiger partial charge in [-0.05, 0) is 13.0 Å². The zero-order valence-electron chi connectivity index (χ0n) is 14.0. The Hall–Kier alpha value is -1.33. The molecule has 0 fully saturated rings. The number of halogens is 3. The molecule has 0 amide bonds. The molecule has 0 aliphatic heterocycles. The van der Waals surface area contributed by atoms with Gasteiger partial charge in [0.1, 0.15) is 24.5 Å². The van der Waals surface area contributed by atoms with Crippen LogP contribution >= 0.6 is 47.2 Å². The second kappa shape index (κ2) is 11.3. The summed E-state index contributed by atoms with van der Waals surface area (Å²) in [6, 6.07) is 1.65. The maximum Gasteiger partial charge on any atom is 0.191 e. The summed E-state index contributed by atoms with van der Waals surface area (Å²) in [5.41, 5.74) is 0. The summed E-state index contributed by atoms with van der Waals surface area (Å²) in [4.78, 5) is 12.8. The van der Waals surface area contributed by atoms with Gasteiger partial charge in [0.25, 0.3) is 0 Å². The molecule has 0 radical (unpaired) electrons. The Labute approximate surface area is 173 Å². The van der Waals surface area contributed by atoms with Crippen LogP contribution in [0.4, 0.5) is 5.82 Å². The highest BCUT2D eigenvalue weighted by Crippen LogP contribution is 2.21. The quantitative estimate of drug-likeness (QED) is 0.235. The van der Waals surface area contributed by atoms with E-state index in [4.69, 9.17) is 23.2 Å². The molecule has 0 unspecified atom stereocenters. The van der Waals surface area contributed by atoms with E-state index in [1.165, 1.54) is 6.33 Å². The van der Waals surface area contributed by atoms with Gasteiger partial charge in [-0.2, -0.15) is 5.10 Å². The van der Waals surface area contributed by atoms with E-state index in [-0.39, 0.29) is 24.0 Å². The van der Waals surface area contributed by atoms with Crippen molar-refractivity contribution in [2.24, 2.45) is 12.0 Å². The van der Waals surface area contributed by atoms with Crippen molar-refractivity contribution in [3.63, 3.8) is 0 Å². The molecule has 138 valence electrons. The Kier molecular flexibility index (Phi) is 9.83. The molecule has 2 heterocycles. The minimum atomic E-state index is 0. The minimum Gasteiger partial charge on any atom is -0.367 e. The Balaban J connectivity index is 0.00000312. The van der Waals surface area contributed by atoms with Gasteiger partial charge in [0.2, 0.25) is 0 Å². The largest absolute Gasteiger partial charge is 0.367 e. The van der Waals surface area contributed by atoms with Crippen LogP contribution in [-0.4, -0.2) is 45.3 Å². The minimum absolute atomic E-state index is 0. The SMILES string of the molecule is CCNC(=NCc1ncnn1C)NCCNc1ncc(Cl)cc1Cl.I. The smallest absolute Gasteiger partial charge is 0.191 e. The van der Waals surface area contributed by atoms with Crippen LogP contribution in [0.25, 0.3) is 0 Å². The second-order valence-corrected chi connectivity index (χ2v) is 5.68. The summed E-state index contributed by atoms with van der Waals surface area (Å²) < 4.78 is 1.70. The number of aromatic nitrogens is 4. The highest BCUT2D eigenvalue weighted by Gasteiger charge is 2.03. The number of rotatable bonds is 7. The first-order valence-corrected chi connectivity index (χ1v) is 8.25. The van der Waals surface area contributed by atoms with E-state index in [1.807, 2.05) is 14.0 Å². The zero-order valence-corrected chi connectivity index (χ0v) is 17.8. The molecule has 8 nitrogen and oxygen atoms in total. The standard InChI is InChI=1S/C14H20Cl2N8.HI/c1-3-17-14(21-8-12-22-9-23-24(12)2)19-5-4-18-13-11(16)6-10(15)7-20-13;/h6-7,9H,3-5,8H2,1-2H3,(H,18,20)(H2,17,19,21);1H. The van der Waals surface area contributed by atoms with Crippen LogP contribution < -0.4 is 16.0 Å². The van der Waals surface area contributed by atoms with Gasteiger partial charge < -0.3 is 16.0 Å². The van der Waals surface area contributed by atoms with Crippen molar-refractivity contribution < 1.29 is 0 Å². The molecule has 0 bridgehead atoms. The maximum atomic E-state index is 6.06. The summed E-state index contributed by atoms with van der Waals surface area (Å²) in [6.45, 7) is 4.50. The average Bonchev–Trinajstić information content (AvgIpc) is 2.96. The lowest BCUT2D eigenvalue weighted by Crippen LogP contribution is -2.39. The molecule has 0 atom stereocenters. The second-order valence-electron chi connectivity index (χ2n) is 4.83. The number of anilines is 1. The van der Waals surface area contributed by atoms with Crippen molar-refractivity contribution in [3.8, 4) is 0 Å². The maximum absolute atomic E-state index is 6.06. The van der Waals surface area contributed by atoms with Crippen molar-refractivity contribution in [2.45, 2.75) is 13.5 Å². The molecule has 2 aromatic heterocycles. The van der Waals surface area contributed by atoms with Crippen LogP contribution in [0.3, 0.4) is 0 Å². The molecule has 2 rings (SSSR count). The fourth-order valence-corrected chi connectivity index (χ4v) is 2.31. The van der Waals surface area contributed by atoms with Gasteiger partial charge in [0.05, 0.1) is 10.0 Å². The van der Waals surface area contributed by atoms with Crippen LogP contribution in [0, 0.1) is 0 Å². The topological polar surface area (TPSA) is 92.0 Å². The van der Waals surface area contributed by atoms with E-state index < -0.39 is 0 Å². The molecular formula is C14H21Cl2IN8. The Bertz CT molecular complexity index is 691. The molecule has 11 heteroatoms. The number of guanidine groups is 1. The van der Waals surface area contributed by atoms with Crippen molar-refractivity contribution in [1.29, 1.82) is 0 Å². The van der Waals surface area contributed by atoms with Gasteiger partial charge in [-0.3, -0.25) is 4.68 Å². The molecular weight excluding hydrogens is 478 g/mol. The van der Waals surface area contributed by atoms with Crippen LogP contribution in [0.5, 0.6) is 0 Å². The first kappa shape index (κ1) is 21.7. The van der Waals surface area contributed by atoms with Gasteiger partial charge in [-0.1, -0.05) is 23.2 Å². The number of nitrogens with zero attached hydrogens (tertiary/aromatic N) is 5. The summed E-state index contributed by atoms with van der Waals surface area (Å²) >= 11 is 11.9. The Morgan fingerprint density at radius 1 is 1.24 bits per heavy atom. The van der Waals surface area contributed by atoms with Gasteiger partial charge in [0.15, 0.2) is 5.96 Å². The molecule has 0 saturated heterocycles. The Morgan fingerprint density at radius 3 is 2.68 bits per heavy atom. The molecule has 0 spiro atoms. The van der Waals surface area contributed by atoms with E-state index in [9.17, 15) is 0 Å².